The van der Waals surface area contributed by atoms with Crippen molar-refractivity contribution in [1.29, 1.82) is 0 Å². The van der Waals surface area contributed by atoms with Crippen molar-refractivity contribution >= 4 is 46.0 Å². The molecule has 4 aromatic rings. The number of ether oxygens (including phenoxy) is 3. The third-order valence-corrected chi connectivity index (χ3v) is 7.26. The highest BCUT2D eigenvalue weighted by Crippen LogP contribution is 2.46. The molecule has 0 bridgehead atoms. The van der Waals surface area contributed by atoms with Crippen molar-refractivity contribution in [2.24, 2.45) is 7.05 Å². The number of halogens is 2. The van der Waals surface area contributed by atoms with Crippen molar-refractivity contribution < 1.29 is 19.0 Å². The van der Waals surface area contributed by atoms with Crippen LogP contribution in [0.2, 0.25) is 10.0 Å². The predicted molar refractivity (Wildman–Crippen MR) is 152 cm³/mol. The molecular formula is C27H27Cl2N7O4. The molecule has 0 radical (unpaired) electrons. The largest absolute Gasteiger partial charge is 0.495 e. The monoisotopic (exact) mass is 583 g/mol. The molecule has 5 rings (SSSR count). The van der Waals surface area contributed by atoms with E-state index in [1.54, 1.807) is 23.1 Å². The summed E-state index contributed by atoms with van der Waals surface area (Å²) >= 11 is 13.4. The molecule has 0 spiro atoms. The van der Waals surface area contributed by atoms with Gasteiger partial charge in [0.2, 0.25) is 11.9 Å². The fraction of sp³-hybridized carbons (Fsp3) is 0.296. The van der Waals surface area contributed by atoms with Crippen molar-refractivity contribution in [3.63, 3.8) is 0 Å². The number of carbonyl (C=O) groups excluding carboxylic acids is 1. The van der Waals surface area contributed by atoms with Crippen LogP contribution >= 0.6 is 23.2 Å². The van der Waals surface area contributed by atoms with Crippen LogP contribution in [0.15, 0.2) is 43.4 Å². The Hall–Kier alpha value is -3.93. The van der Waals surface area contributed by atoms with Gasteiger partial charge in [-0.2, -0.15) is 5.10 Å². The van der Waals surface area contributed by atoms with E-state index in [1.807, 2.05) is 19.3 Å². The molecule has 0 saturated carbocycles. The number of rotatable bonds is 9. The number of carbonyl (C=O) groups is 1. The predicted octanol–water partition coefficient (Wildman–Crippen LogP) is 3.82. The van der Waals surface area contributed by atoms with Crippen molar-refractivity contribution in [3.8, 4) is 22.8 Å². The molecule has 1 aliphatic heterocycles. The number of benzene rings is 1. The van der Waals surface area contributed by atoms with E-state index in [-0.39, 0.29) is 18.0 Å². The standard InChI is InChI=1S/C27H27Cl2N7O4/c1-5-22(37)33-18-12-40-13-19(18)34-27-30-10-15-7-16(23-24(28)20(38-3)8-21(39-4)25(23)29)32-17(26(15)35-27)6-14-9-31-36(2)11-14/h5,7-11,18-19H,1,6,12-13H2,2-4H3,(H,33,37)(H,30,34,35)/t18-,19+/m0/s1. The van der Waals surface area contributed by atoms with Gasteiger partial charge in [0.15, 0.2) is 0 Å². The van der Waals surface area contributed by atoms with Crippen LogP contribution in [-0.2, 0) is 23.0 Å². The fourth-order valence-corrected chi connectivity index (χ4v) is 5.23. The van der Waals surface area contributed by atoms with E-state index < -0.39 is 0 Å². The summed E-state index contributed by atoms with van der Waals surface area (Å²) in [5, 5.41) is 11.8. The van der Waals surface area contributed by atoms with Crippen LogP contribution in [0.5, 0.6) is 11.5 Å². The zero-order valence-electron chi connectivity index (χ0n) is 22.1. The van der Waals surface area contributed by atoms with E-state index >= 15 is 0 Å². The molecule has 2 N–H and O–H groups in total. The Balaban J connectivity index is 1.60. The summed E-state index contributed by atoms with van der Waals surface area (Å²) < 4.78 is 18.2. The van der Waals surface area contributed by atoms with Crippen molar-refractivity contribution in [2.45, 2.75) is 18.5 Å². The molecule has 4 heterocycles. The molecule has 2 atom stereocenters. The van der Waals surface area contributed by atoms with E-state index in [4.69, 9.17) is 47.4 Å². The lowest BCUT2D eigenvalue weighted by atomic mass is 10.0. The molecule has 13 heteroatoms. The first-order valence-corrected chi connectivity index (χ1v) is 13.1. The van der Waals surface area contributed by atoms with Gasteiger partial charge in [-0.25, -0.2) is 9.97 Å². The molecule has 3 aromatic heterocycles. The molecule has 208 valence electrons. The first-order chi connectivity index (χ1) is 19.3. The Morgan fingerprint density at radius 1 is 1.15 bits per heavy atom. The highest BCUT2D eigenvalue weighted by atomic mass is 35.5. The minimum absolute atomic E-state index is 0.225. The quantitative estimate of drug-likeness (QED) is 0.283. The third kappa shape index (κ3) is 5.53. The molecule has 1 fully saturated rings. The van der Waals surface area contributed by atoms with Gasteiger partial charge >= 0.3 is 0 Å². The molecule has 1 saturated heterocycles. The van der Waals surface area contributed by atoms with E-state index in [2.05, 4.69) is 27.3 Å². The van der Waals surface area contributed by atoms with Crippen LogP contribution in [0, 0.1) is 0 Å². The zero-order chi connectivity index (χ0) is 28.4. The minimum atomic E-state index is -0.274. The summed E-state index contributed by atoms with van der Waals surface area (Å²) in [5.74, 6) is 0.910. The smallest absolute Gasteiger partial charge is 0.243 e. The molecule has 0 aliphatic carbocycles. The number of nitrogens with zero attached hydrogens (tertiary/aromatic N) is 5. The van der Waals surface area contributed by atoms with Gasteiger partial charge < -0.3 is 24.8 Å². The Bertz CT molecular complexity index is 1560. The highest BCUT2D eigenvalue weighted by molar-refractivity contribution is 6.41. The van der Waals surface area contributed by atoms with E-state index in [0.717, 1.165) is 10.9 Å². The number of anilines is 1. The van der Waals surface area contributed by atoms with E-state index in [1.165, 1.54) is 20.3 Å². The summed E-state index contributed by atoms with van der Waals surface area (Å²) in [5.41, 5.74) is 3.23. The number of pyridine rings is 1. The van der Waals surface area contributed by atoms with Gasteiger partial charge in [-0.05, 0) is 17.7 Å². The Morgan fingerprint density at radius 3 is 2.52 bits per heavy atom. The molecule has 1 amide bonds. The summed E-state index contributed by atoms with van der Waals surface area (Å²) in [6.45, 7) is 4.26. The van der Waals surface area contributed by atoms with Crippen LogP contribution in [0.25, 0.3) is 22.2 Å². The molecule has 11 nitrogen and oxygen atoms in total. The number of amides is 1. The second-order valence-electron chi connectivity index (χ2n) is 9.18. The van der Waals surface area contributed by atoms with Crippen LogP contribution in [0.1, 0.15) is 11.3 Å². The summed E-state index contributed by atoms with van der Waals surface area (Å²) in [6, 6.07) is 2.97. The van der Waals surface area contributed by atoms with Crippen molar-refractivity contribution in [3.05, 3.63) is 64.7 Å². The Labute approximate surface area is 240 Å². The maximum absolute atomic E-state index is 11.8. The topological polar surface area (TPSA) is 125 Å². The average Bonchev–Trinajstić information content (AvgIpc) is 3.56. The van der Waals surface area contributed by atoms with Crippen LogP contribution < -0.4 is 20.1 Å². The second-order valence-corrected chi connectivity index (χ2v) is 9.93. The summed E-state index contributed by atoms with van der Waals surface area (Å²) in [4.78, 5) is 26.1. The minimum Gasteiger partial charge on any atom is -0.495 e. The molecular weight excluding hydrogens is 557 g/mol. The van der Waals surface area contributed by atoms with Gasteiger partial charge in [0.25, 0.3) is 0 Å². The van der Waals surface area contributed by atoms with Crippen molar-refractivity contribution in [1.82, 2.24) is 30.0 Å². The van der Waals surface area contributed by atoms with Gasteiger partial charge in [-0.3, -0.25) is 14.5 Å². The number of methoxy groups -OCH3 is 2. The number of hydrogen-bond acceptors (Lipinski definition) is 9. The second kappa shape index (κ2) is 11.7. The summed E-state index contributed by atoms with van der Waals surface area (Å²) in [7, 11) is 4.89. The summed E-state index contributed by atoms with van der Waals surface area (Å²) in [6.07, 6.45) is 7.06. The first-order valence-electron chi connectivity index (χ1n) is 12.3. The van der Waals surface area contributed by atoms with Gasteiger partial charge in [0.1, 0.15) is 11.5 Å². The Morgan fingerprint density at radius 2 is 1.88 bits per heavy atom. The van der Waals surface area contributed by atoms with E-state index in [0.29, 0.717) is 69.6 Å². The molecule has 1 aromatic carbocycles. The van der Waals surface area contributed by atoms with Crippen LogP contribution in [0.4, 0.5) is 5.95 Å². The molecule has 0 unspecified atom stereocenters. The average molecular weight is 584 g/mol. The maximum Gasteiger partial charge on any atom is 0.243 e. The SMILES string of the molecule is C=CC(=O)N[C@H]1COC[C@H]1Nc1ncc2cc(-c3c(Cl)c(OC)cc(OC)c3Cl)nc(Cc3cnn(C)c3)c2n1. The van der Waals surface area contributed by atoms with Gasteiger partial charge in [0.05, 0.1) is 72.7 Å². The van der Waals surface area contributed by atoms with Gasteiger partial charge in [-0.1, -0.05) is 29.8 Å². The Kier molecular flexibility index (Phi) is 8.06. The lowest BCUT2D eigenvalue weighted by Gasteiger charge is -2.20. The number of fused-ring (bicyclic) bond motifs is 1. The molecule has 1 aliphatic rings. The zero-order valence-corrected chi connectivity index (χ0v) is 23.6. The lowest BCUT2D eigenvalue weighted by Crippen LogP contribution is -2.45. The normalized spacial score (nSPS) is 16.6. The van der Waals surface area contributed by atoms with E-state index in [9.17, 15) is 4.79 Å². The first kappa shape index (κ1) is 27.6. The number of aryl methyl sites for hydroxylation is 1. The van der Waals surface area contributed by atoms with Crippen LogP contribution in [0.3, 0.4) is 0 Å². The van der Waals surface area contributed by atoms with Gasteiger partial charge in [0, 0.05) is 42.9 Å². The van der Waals surface area contributed by atoms with Crippen LogP contribution in [-0.4, -0.2) is 70.2 Å². The highest BCUT2D eigenvalue weighted by Gasteiger charge is 2.30. The number of aromatic nitrogens is 5. The lowest BCUT2D eigenvalue weighted by molar-refractivity contribution is -0.117. The van der Waals surface area contributed by atoms with Crippen molar-refractivity contribution in [2.75, 3.05) is 32.8 Å². The number of nitrogens with one attached hydrogen (secondary N) is 2. The molecule has 40 heavy (non-hydrogen) atoms. The fourth-order valence-electron chi connectivity index (χ4n) is 4.54. The maximum atomic E-state index is 11.8. The van der Waals surface area contributed by atoms with Gasteiger partial charge in [-0.15, -0.1) is 0 Å². The third-order valence-electron chi connectivity index (χ3n) is 6.51. The number of hydrogen-bond donors (Lipinski definition) is 2.